The van der Waals surface area contributed by atoms with Crippen LogP contribution in [0.25, 0.3) is 22.0 Å². The number of aromatic nitrogens is 1. The van der Waals surface area contributed by atoms with E-state index in [1.807, 2.05) is 86.7 Å². The number of benzene rings is 2. The molecule has 0 bridgehead atoms. The molecule has 0 saturated heterocycles. The molecule has 4 heteroatoms. The number of hydrogen-bond donors (Lipinski definition) is 0. The van der Waals surface area contributed by atoms with Gasteiger partial charge in [0, 0.05) is 30.2 Å². The molecular formula is C24H28N2O2. The summed E-state index contributed by atoms with van der Waals surface area (Å²) in [5, 5.41) is 0.699. The van der Waals surface area contributed by atoms with Gasteiger partial charge in [-0.05, 0) is 51.3 Å². The van der Waals surface area contributed by atoms with Crippen LogP contribution in [0, 0.1) is 20.8 Å². The molecule has 3 aromatic rings. The van der Waals surface area contributed by atoms with Gasteiger partial charge in [0.15, 0.2) is 5.43 Å². The Morgan fingerprint density at radius 2 is 1.54 bits per heavy atom. The van der Waals surface area contributed by atoms with Gasteiger partial charge in [-0.25, -0.2) is 0 Å². The highest BCUT2D eigenvalue weighted by Crippen LogP contribution is 2.25. The topological polar surface area (TPSA) is 42.3 Å². The first kappa shape index (κ1) is 19.9. The molecule has 28 heavy (non-hydrogen) atoms. The third kappa shape index (κ3) is 3.59. The zero-order chi connectivity index (χ0) is 20.4. The molecule has 1 heterocycles. The number of rotatable bonds is 5. The van der Waals surface area contributed by atoms with Crippen LogP contribution in [0.15, 0.2) is 47.4 Å². The van der Waals surface area contributed by atoms with Crippen LogP contribution < -0.4 is 5.43 Å². The number of carbonyl (C=O) groups excluding carboxylic acids is 1. The Balaban J connectivity index is 2.28. The molecule has 1 aromatic heterocycles. The monoisotopic (exact) mass is 376 g/mol. The molecule has 0 atom stereocenters. The van der Waals surface area contributed by atoms with E-state index in [4.69, 9.17) is 0 Å². The summed E-state index contributed by atoms with van der Waals surface area (Å²) in [6.45, 7) is 11.5. The molecule has 2 aromatic carbocycles. The third-order valence-corrected chi connectivity index (χ3v) is 5.42. The Labute approximate surface area is 166 Å². The van der Waals surface area contributed by atoms with Crippen molar-refractivity contribution in [3.63, 3.8) is 0 Å². The van der Waals surface area contributed by atoms with Crippen molar-refractivity contribution in [2.75, 3.05) is 13.1 Å². The van der Waals surface area contributed by atoms with Crippen molar-refractivity contribution in [1.29, 1.82) is 0 Å². The summed E-state index contributed by atoms with van der Waals surface area (Å²) >= 11 is 0. The zero-order valence-electron chi connectivity index (χ0n) is 17.4. The van der Waals surface area contributed by atoms with E-state index < -0.39 is 0 Å². The summed E-state index contributed by atoms with van der Waals surface area (Å²) in [5.41, 5.74) is 5.46. The fourth-order valence-corrected chi connectivity index (χ4v) is 3.75. The lowest BCUT2D eigenvalue weighted by molar-refractivity contribution is -0.131. The minimum Gasteiger partial charge on any atom is -0.342 e. The average Bonchev–Trinajstić information content (AvgIpc) is 2.67. The highest BCUT2D eigenvalue weighted by atomic mass is 16.2. The molecule has 0 aliphatic heterocycles. The highest BCUT2D eigenvalue weighted by Gasteiger charge is 2.17. The number of nitrogens with zero attached hydrogens (tertiary/aromatic N) is 2. The highest BCUT2D eigenvalue weighted by molar-refractivity contribution is 5.90. The van der Waals surface area contributed by atoms with Gasteiger partial charge in [-0.15, -0.1) is 0 Å². The van der Waals surface area contributed by atoms with Gasteiger partial charge in [-0.1, -0.05) is 42.0 Å². The van der Waals surface area contributed by atoms with Crippen molar-refractivity contribution in [2.24, 2.45) is 0 Å². The van der Waals surface area contributed by atoms with Crippen LogP contribution in [-0.4, -0.2) is 28.5 Å². The lowest BCUT2D eigenvalue weighted by atomic mass is 9.99. The standard InChI is InChI=1S/C24H28N2O2/c1-6-25(7-2)21(27)15-26-14-20(19-12-8-16(3)9-13-19)24(28)22-17(4)10-11-18(5)23(22)26/h8-14H,6-7,15H2,1-5H3. The molecule has 0 N–H and O–H groups in total. The number of carbonyl (C=O) groups is 1. The fourth-order valence-electron chi connectivity index (χ4n) is 3.75. The van der Waals surface area contributed by atoms with E-state index in [0.29, 0.717) is 24.0 Å². The largest absolute Gasteiger partial charge is 0.342 e. The van der Waals surface area contributed by atoms with Crippen molar-refractivity contribution in [2.45, 2.75) is 41.2 Å². The van der Waals surface area contributed by atoms with Gasteiger partial charge in [0.05, 0.1) is 5.52 Å². The van der Waals surface area contributed by atoms with Crippen LogP contribution >= 0.6 is 0 Å². The first-order valence-corrected chi connectivity index (χ1v) is 9.85. The van der Waals surface area contributed by atoms with Crippen molar-refractivity contribution in [3.8, 4) is 11.1 Å². The lowest BCUT2D eigenvalue weighted by Gasteiger charge is -2.22. The summed E-state index contributed by atoms with van der Waals surface area (Å²) in [6.07, 6.45) is 1.85. The molecule has 0 saturated carbocycles. The second kappa shape index (κ2) is 8.01. The number of fused-ring (bicyclic) bond motifs is 1. The predicted octanol–water partition coefficient (Wildman–Crippen LogP) is 4.46. The van der Waals surface area contributed by atoms with E-state index in [1.54, 1.807) is 0 Å². The summed E-state index contributed by atoms with van der Waals surface area (Å²) < 4.78 is 1.95. The Morgan fingerprint density at radius 1 is 0.929 bits per heavy atom. The predicted molar refractivity (Wildman–Crippen MR) is 116 cm³/mol. The van der Waals surface area contributed by atoms with Crippen LogP contribution in [0.4, 0.5) is 0 Å². The molecule has 0 spiro atoms. The van der Waals surface area contributed by atoms with Gasteiger partial charge in [0.25, 0.3) is 0 Å². The van der Waals surface area contributed by atoms with E-state index in [1.165, 1.54) is 0 Å². The number of aryl methyl sites for hydroxylation is 3. The van der Waals surface area contributed by atoms with E-state index in [-0.39, 0.29) is 17.9 Å². The van der Waals surface area contributed by atoms with Crippen LogP contribution in [0.2, 0.25) is 0 Å². The average molecular weight is 377 g/mol. The van der Waals surface area contributed by atoms with Gasteiger partial charge in [0.1, 0.15) is 6.54 Å². The number of hydrogen-bond acceptors (Lipinski definition) is 2. The molecule has 0 aliphatic carbocycles. The lowest BCUT2D eigenvalue weighted by Crippen LogP contribution is -2.34. The van der Waals surface area contributed by atoms with E-state index >= 15 is 0 Å². The van der Waals surface area contributed by atoms with Gasteiger partial charge in [0.2, 0.25) is 5.91 Å². The maximum atomic E-state index is 13.4. The smallest absolute Gasteiger partial charge is 0.242 e. The molecule has 4 nitrogen and oxygen atoms in total. The Kier molecular flexibility index (Phi) is 5.68. The third-order valence-electron chi connectivity index (χ3n) is 5.42. The second-order valence-corrected chi connectivity index (χ2v) is 7.35. The van der Waals surface area contributed by atoms with Crippen LogP contribution in [0.1, 0.15) is 30.5 Å². The van der Waals surface area contributed by atoms with Gasteiger partial charge >= 0.3 is 0 Å². The molecule has 0 aliphatic rings. The SMILES string of the molecule is CCN(CC)C(=O)Cn1cc(-c2ccc(C)cc2)c(=O)c2c(C)ccc(C)c21. The number of amides is 1. The summed E-state index contributed by atoms with van der Waals surface area (Å²) in [5.74, 6) is 0.0608. The van der Waals surface area contributed by atoms with Gasteiger partial charge < -0.3 is 9.47 Å². The Morgan fingerprint density at radius 3 is 2.14 bits per heavy atom. The van der Waals surface area contributed by atoms with Crippen molar-refractivity contribution >= 4 is 16.8 Å². The quantitative estimate of drug-likeness (QED) is 0.660. The molecular weight excluding hydrogens is 348 g/mol. The number of pyridine rings is 1. The van der Waals surface area contributed by atoms with Crippen molar-refractivity contribution in [3.05, 3.63) is 69.5 Å². The normalized spacial score (nSPS) is 11.0. The van der Waals surface area contributed by atoms with Crippen molar-refractivity contribution < 1.29 is 4.79 Å². The minimum absolute atomic E-state index is 0.0200. The molecule has 3 rings (SSSR count). The maximum Gasteiger partial charge on any atom is 0.242 e. The molecule has 1 amide bonds. The second-order valence-electron chi connectivity index (χ2n) is 7.35. The van der Waals surface area contributed by atoms with E-state index in [2.05, 4.69) is 0 Å². The summed E-state index contributed by atoms with van der Waals surface area (Å²) in [6, 6.07) is 12.0. The molecule has 146 valence electrons. The maximum absolute atomic E-state index is 13.4. The van der Waals surface area contributed by atoms with Gasteiger partial charge in [-0.2, -0.15) is 0 Å². The van der Waals surface area contributed by atoms with E-state index in [0.717, 1.165) is 27.8 Å². The van der Waals surface area contributed by atoms with Crippen LogP contribution in [0.3, 0.4) is 0 Å². The van der Waals surface area contributed by atoms with E-state index in [9.17, 15) is 9.59 Å². The van der Waals surface area contributed by atoms with Crippen LogP contribution in [-0.2, 0) is 11.3 Å². The van der Waals surface area contributed by atoms with Crippen molar-refractivity contribution in [1.82, 2.24) is 9.47 Å². The van der Waals surface area contributed by atoms with Crippen LogP contribution in [0.5, 0.6) is 0 Å². The molecule has 0 radical (unpaired) electrons. The first-order chi connectivity index (χ1) is 13.4. The summed E-state index contributed by atoms with van der Waals surface area (Å²) in [4.78, 5) is 28.0. The molecule has 0 unspecified atom stereocenters. The molecule has 0 fully saturated rings. The Bertz CT molecular complexity index is 1070. The first-order valence-electron chi connectivity index (χ1n) is 9.85. The fraction of sp³-hybridized carbons (Fsp3) is 0.333. The number of likely N-dealkylation sites (N-methyl/N-ethyl adjacent to an activating group) is 1. The zero-order valence-corrected chi connectivity index (χ0v) is 17.4. The Hall–Kier alpha value is -2.88. The summed E-state index contributed by atoms with van der Waals surface area (Å²) in [7, 11) is 0. The van der Waals surface area contributed by atoms with Gasteiger partial charge in [-0.3, -0.25) is 9.59 Å². The minimum atomic E-state index is 0.0200.